The molecule has 174 valence electrons. The Hall–Kier alpha value is -2.08. The van der Waals surface area contributed by atoms with E-state index in [1.165, 1.54) is 32.1 Å². The first-order valence-corrected chi connectivity index (χ1v) is 12.8. The molecule has 32 heavy (non-hydrogen) atoms. The van der Waals surface area contributed by atoms with E-state index in [1.807, 2.05) is 32.2 Å². The van der Waals surface area contributed by atoms with E-state index in [0.29, 0.717) is 12.6 Å². The maximum atomic E-state index is 12.5. The summed E-state index contributed by atoms with van der Waals surface area (Å²) in [5.41, 5.74) is 2.87. The van der Waals surface area contributed by atoms with Crippen LogP contribution < -0.4 is 4.90 Å². The van der Waals surface area contributed by atoms with Crippen molar-refractivity contribution in [3.63, 3.8) is 0 Å². The van der Waals surface area contributed by atoms with Crippen molar-refractivity contribution in [3.8, 4) is 0 Å². The van der Waals surface area contributed by atoms with E-state index in [4.69, 9.17) is 9.97 Å². The second-order valence-electron chi connectivity index (χ2n) is 9.86. The van der Waals surface area contributed by atoms with Gasteiger partial charge in [0.15, 0.2) is 5.16 Å². The fourth-order valence-corrected chi connectivity index (χ4v) is 4.80. The third kappa shape index (κ3) is 6.25. The minimum Gasteiger partial charge on any atom is -0.357 e. The number of hydrogen-bond donors (Lipinski definition) is 0. The van der Waals surface area contributed by atoms with E-state index in [9.17, 15) is 4.79 Å². The Morgan fingerprint density at radius 1 is 1.09 bits per heavy atom. The summed E-state index contributed by atoms with van der Waals surface area (Å²) in [6.45, 7) is 9.29. The minimum absolute atomic E-state index is 0.0442. The summed E-state index contributed by atoms with van der Waals surface area (Å²) in [5.74, 6) is 1.81. The molecule has 1 heterocycles. The Balaban J connectivity index is 1.81. The van der Waals surface area contributed by atoms with E-state index in [-0.39, 0.29) is 11.3 Å². The number of amides is 1. The number of carbonyl (C=O) groups is 1. The average molecular weight is 455 g/mol. The van der Waals surface area contributed by atoms with Crippen LogP contribution in [0.3, 0.4) is 0 Å². The van der Waals surface area contributed by atoms with Gasteiger partial charge in [0.1, 0.15) is 5.82 Å². The van der Waals surface area contributed by atoms with Crippen LogP contribution in [0.5, 0.6) is 0 Å². The number of nitrogens with zero attached hydrogens (tertiary/aromatic N) is 4. The lowest BCUT2D eigenvalue weighted by molar-refractivity contribution is 0.0802. The van der Waals surface area contributed by atoms with E-state index in [0.717, 1.165) is 33.5 Å². The molecule has 1 saturated carbocycles. The molecule has 1 aromatic carbocycles. The van der Waals surface area contributed by atoms with Gasteiger partial charge in [0.05, 0.1) is 5.69 Å². The Bertz CT molecular complexity index is 918. The van der Waals surface area contributed by atoms with Gasteiger partial charge in [0.25, 0.3) is 5.91 Å². The summed E-state index contributed by atoms with van der Waals surface area (Å²) in [5, 5.41) is 0.803. The van der Waals surface area contributed by atoms with Gasteiger partial charge in [0, 0.05) is 49.5 Å². The molecule has 1 amide bonds. The Labute approximate surface area is 198 Å². The predicted octanol–water partition coefficient (Wildman–Crippen LogP) is 5.93. The van der Waals surface area contributed by atoms with Crippen molar-refractivity contribution >= 4 is 23.5 Å². The molecule has 1 aliphatic rings. The van der Waals surface area contributed by atoms with Gasteiger partial charge in [-0.2, -0.15) is 0 Å². The van der Waals surface area contributed by atoms with Crippen LogP contribution in [-0.4, -0.2) is 47.5 Å². The van der Waals surface area contributed by atoms with E-state index in [2.05, 4.69) is 44.9 Å². The zero-order valence-corrected chi connectivity index (χ0v) is 21.3. The predicted molar refractivity (Wildman–Crippen MR) is 135 cm³/mol. The topological polar surface area (TPSA) is 49.3 Å². The number of carbonyl (C=O) groups excluding carboxylic acids is 1. The quantitative estimate of drug-likeness (QED) is 0.383. The van der Waals surface area contributed by atoms with Gasteiger partial charge in [-0.3, -0.25) is 4.79 Å². The molecule has 1 aromatic heterocycles. The molecule has 1 aliphatic carbocycles. The van der Waals surface area contributed by atoms with Crippen molar-refractivity contribution in [2.45, 2.75) is 82.2 Å². The minimum atomic E-state index is -0.0442. The summed E-state index contributed by atoms with van der Waals surface area (Å²) < 4.78 is 0. The van der Waals surface area contributed by atoms with Gasteiger partial charge >= 0.3 is 0 Å². The zero-order valence-electron chi connectivity index (χ0n) is 20.5. The van der Waals surface area contributed by atoms with Crippen LogP contribution in [0.4, 0.5) is 5.82 Å². The summed E-state index contributed by atoms with van der Waals surface area (Å²) >= 11 is 1.64. The van der Waals surface area contributed by atoms with Crippen molar-refractivity contribution in [2.24, 2.45) is 0 Å². The van der Waals surface area contributed by atoms with Crippen LogP contribution in [0, 0.1) is 0 Å². The Morgan fingerprint density at radius 2 is 1.81 bits per heavy atom. The lowest BCUT2D eigenvalue weighted by atomic mass is 9.91. The third-order valence-electron chi connectivity index (χ3n) is 6.31. The zero-order chi connectivity index (χ0) is 23.3. The molecule has 0 aliphatic heterocycles. The van der Waals surface area contributed by atoms with Crippen LogP contribution in [-0.2, 0) is 11.2 Å². The number of anilines is 1. The highest BCUT2D eigenvalue weighted by atomic mass is 32.2. The molecule has 5 nitrogen and oxygen atoms in total. The van der Waals surface area contributed by atoms with Crippen LogP contribution in [0.1, 0.15) is 81.4 Å². The van der Waals surface area contributed by atoms with Crippen molar-refractivity contribution in [3.05, 3.63) is 47.2 Å². The first-order valence-electron chi connectivity index (χ1n) is 11.8. The lowest BCUT2D eigenvalue weighted by Gasteiger charge is -2.33. The molecule has 0 bridgehead atoms. The normalized spacial score (nSPS) is 14.9. The van der Waals surface area contributed by atoms with Gasteiger partial charge < -0.3 is 9.80 Å². The van der Waals surface area contributed by atoms with Gasteiger partial charge in [0.2, 0.25) is 0 Å². The highest BCUT2D eigenvalue weighted by Gasteiger charge is 2.23. The molecule has 0 saturated heterocycles. The summed E-state index contributed by atoms with van der Waals surface area (Å²) in [6, 6.07) is 10.6. The maximum absolute atomic E-state index is 12.5. The Morgan fingerprint density at radius 3 is 2.47 bits per heavy atom. The fraction of sp³-hybridized carbons (Fsp3) is 0.577. The average Bonchev–Trinajstić information content (AvgIpc) is 2.81. The summed E-state index contributed by atoms with van der Waals surface area (Å²) in [7, 11) is 4.01. The highest BCUT2D eigenvalue weighted by Crippen LogP contribution is 2.31. The summed E-state index contributed by atoms with van der Waals surface area (Å²) in [4.78, 5) is 26.4. The van der Waals surface area contributed by atoms with Gasteiger partial charge in [-0.1, -0.05) is 63.9 Å². The van der Waals surface area contributed by atoms with Crippen molar-refractivity contribution in [1.82, 2.24) is 14.9 Å². The van der Waals surface area contributed by atoms with Gasteiger partial charge in [-0.15, -0.1) is 0 Å². The smallest absolute Gasteiger partial charge is 0.253 e. The van der Waals surface area contributed by atoms with Crippen LogP contribution in [0.2, 0.25) is 0 Å². The molecule has 1 fully saturated rings. The molecule has 0 unspecified atom stereocenters. The molecule has 0 spiro atoms. The van der Waals surface area contributed by atoms with E-state index < -0.39 is 0 Å². The first-order chi connectivity index (χ1) is 15.2. The SMILES string of the molecule is CCN(C)C(=O)c1cccc(CSc2nc(N(C)C3CCCCC3)cc(C(C)(C)C)n2)c1. The maximum Gasteiger partial charge on any atom is 0.253 e. The number of rotatable bonds is 7. The lowest BCUT2D eigenvalue weighted by Crippen LogP contribution is -2.34. The van der Waals surface area contributed by atoms with Crippen molar-refractivity contribution in [1.29, 1.82) is 0 Å². The standard InChI is InChI=1S/C26H38N4OS/c1-7-29(5)24(31)20-13-11-12-19(16-20)18-32-25-27-22(26(2,3)4)17-23(28-25)30(6)21-14-9-8-10-15-21/h11-13,16-17,21H,7-10,14-15,18H2,1-6H3. The van der Waals surface area contributed by atoms with Crippen LogP contribution in [0.15, 0.2) is 35.5 Å². The molecule has 0 radical (unpaired) electrons. The third-order valence-corrected chi connectivity index (χ3v) is 7.23. The Kier molecular flexibility index (Phi) is 8.21. The molecular formula is C26H38N4OS. The molecular weight excluding hydrogens is 416 g/mol. The number of aromatic nitrogens is 2. The van der Waals surface area contributed by atoms with Gasteiger partial charge in [-0.05, 0) is 37.5 Å². The number of hydrogen-bond acceptors (Lipinski definition) is 5. The molecule has 0 N–H and O–H groups in total. The van der Waals surface area contributed by atoms with Crippen LogP contribution in [0.25, 0.3) is 0 Å². The second kappa shape index (κ2) is 10.7. The van der Waals surface area contributed by atoms with E-state index in [1.54, 1.807) is 16.7 Å². The number of benzene rings is 1. The van der Waals surface area contributed by atoms with Gasteiger partial charge in [-0.25, -0.2) is 9.97 Å². The van der Waals surface area contributed by atoms with Crippen molar-refractivity contribution in [2.75, 3.05) is 25.5 Å². The summed E-state index contributed by atoms with van der Waals surface area (Å²) in [6.07, 6.45) is 6.42. The number of thioether (sulfide) groups is 1. The van der Waals surface area contributed by atoms with Crippen molar-refractivity contribution < 1.29 is 4.79 Å². The molecule has 0 atom stereocenters. The highest BCUT2D eigenvalue weighted by molar-refractivity contribution is 7.98. The molecule has 6 heteroatoms. The first kappa shape index (κ1) is 24.6. The van der Waals surface area contributed by atoms with Crippen LogP contribution >= 0.6 is 11.8 Å². The fourth-order valence-electron chi connectivity index (χ4n) is 4.00. The van der Waals surface area contributed by atoms with E-state index >= 15 is 0 Å². The molecule has 3 rings (SSSR count). The largest absolute Gasteiger partial charge is 0.357 e. The molecule has 2 aromatic rings. The second-order valence-corrected chi connectivity index (χ2v) is 10.8. The monoisotopic (exact) mass is 454 g/mol.